The SMILES string of the molecule is CC(=O)CCSC(C)C(F)(F)F. The van der Waals surface area contributed by atoms with Crippen molar-refractivity contribution in [3.05, 3.63) is 0 Å². The summed E-state index contributed by atoms with van der Waals surface area (Å²) in [6, 6.07) is 0. The highest BCUT2D eigenvalue weighted by molar-refractivity contribution is 7.99. The summed E-state index contributed by atoms with van der Waals surface area (Å²) in [6.07, 6.45) is -3.94. The Balaban J connectivity index is 3.58. The van der Waals surface area contributed by atoms with E-state index in [-0.39, 0.29) is 18.0 Å². The van der Waals surface area contributed by atoms with E-state index in [4.69, 9.17) is 0 Å². The Hall–Kier alpha value is -0.190. The van der Waals surface area contributed by atoms with E-state index in [1.54, 1.807) is 0 Å². The molecule has 0 amide bonds. The highest BCUT2D eigenvalue weighted by Gasteiger charge is 2.35. The zero-order valence-electron chi connectivity index (χ0n) is 6.94. The van der Waals surface area contributed by atoms with Gasteiger partial charge in [0.05, 0.1) is 5.25 Å². The number of hydrogen-bond donors (Lipinski definition) is 0. The minimum atomic E-state index is -4.15. The fraction of sp³-hybridized carbons (Fsp3) is 0.857. The molecular weight excluding hydrogens is 189 g/mol. The Morgan fingerprint density at radius 1 is 1.50 bits per heavy atom. The van der Waals surface area contributed by atoms with Crippen LogP contribution in [0.5, 0.6) is 0 Å². The Labute approximate surface area is 73.7 Å². The van der Waals surface area contributed by atoms with Gasteiger partial charge in [-0.3, -0.25) is 4.79 Å². The number of alkyl halides is 3. The third-order valence-electron chi connectivity index (χ3n) is 1.28. The lowest BCUT2D eigenvalue weighted by Crippen LogP contribution is -2.22. The molecule has 0 radical (unpaired) electrons. The van der Waals surface area contributed by atoms with Gasteiger partial charge in [-0.15, -0.1) is 11.8 Å². The predicted octanol–water partition coefficient (Wildman–Crippen LogP) is 2.65. The standard InChI is InChI=1S/C7H11F3OS/c1-5(11)3-4-12-6(2)7(8,9)10/h6H,3-4H2,1-2H3. The molecular formula is C7H11F3OS. The maximum absolute atomic E-state index is 11.9. The Morgan fingerprint density at radius 3 is 2.33 bits per heavy atom. The molecule has 0 aromatic rings. The van der Waals surface area contributed by atoms with E-state index >= 15 is 0 Å². The Kier molecular flexibility index (Phi) is 4.67. The van der Waals surface area contributed by atoms with Crippen molar-refractivity contribution >= 4 is 17.5 Å². The average molecular weight is 200 g/mol. The number of halogens is 3. The molecule has 0 fully saturated rings. The second kappa shape index (κ2) is 4.74. The number of rotatable bonds is 4. The Morgan fingerprint density at radius 2 is 2.00 bits per heavy atom. The molecule has 1 atom stereocenters. The van der Waals surface area contributed by atoms with Crippen molar-refractivity contribution in [2.75, 3.05) is 5.75 Å². The number of Topliss-reactive ketones (excluding diaryl/α,β-unsaturated/α-hetero) is 1. The summed E-state index contributed by atoms with van der Waals surface area (Å²) in [7, 11) is 0. The Bertz CT molecular complexity index is 155. The fourth-order valence-corrected chi connectivity index (χ4v) is 1.42. The van der Waals surface area contributed by atoms with Gasteiger partial charge in [0.1, 0.15) is 5.78 Å². The van der Waals surface area contributed by atoms with Crippen LogP contribution in [0.1, 0.15) is 20.3 Å². The molecule has 0 spiro atoms. The molecule has 0 rings (SSSR count). The molecule has 0 N–H and O–H groups in total. The van der Waals surface area contributed by atoms with Gasteiger partial charge in [-0.25, -0.2) is 0 Å². The smallest absolute Gasteiger partial charge is 0.300 e. The zero-order chi connectivity index (χ0) is 9.78. The van der Waals surface area contributed by atoms with Gasteiger partial charge in [0.15, 0.2) is 0 Å². The van der Waals surface area contributed by atoms with Crippen LogP contribution < -0.4 is 0 Å². The largest absolute Gasteiger partial charge is 0.400 e. The van der Waals surface area contributed by atoms with Crippen molar-refractivity contribution in [2.24, 2.45) is 0 Å². The summed E-state index contributed by atoms with van der Waals surface area (Å²) in [5.41, 5.74) is 0. The van der Waals surface area contributed by atoms with Crippen LogP contribution in [-0.2, 0) is 4.79 Å². The van der Waals surface area contributed by atoms with Gasteiger partial charge in [-0.05, 0) is 13.8 Å². The predicted molar refractivity (Wildman–Crippen MR) is 43.3 cm³/mol. The number of hydrogen-bond acceptors (Lipinski definition) is 2. The van der Waals surface area contributed by atoms with Crippen LogP contribution in [-0.4, -0.2) is 23.0 Å². The van der Waals surface area contributed by atoms with Crippen LogP contribution in [0.3, 0.4) is 0 Å². The maximum Gasteiger partial charge on any atom is 0.400 e. The minimum absolute atomic E-state index is 0.0723. The summed E-state index contributed by atoms with van der Waals surface area (Å²) in [5.74, 6) is 0.174. The lowest BCUT2D eigenvalue weighted by atomic mass is 10.4. The molecule has 0 aliphatic heterocycles. The summed E-state index contributed by atoms with van der Waals surface area (Å²) >= 11 is 0.766. The monoisotopic (exact) mass is 200 g/mol. The van der Waals surface area contributed by atoms with Gasteiger partial charge >= 0.3 is 6.18 Å². The number of carbonyl (C=O) groups excluding carboxylic acids is 1. The molecule has 0 saturated carbocycles. The second-order valence-electron chi connectivity index (χ2n) is 2.51. The topological polar surface area (TPSA) is 17.1 Å². The first-order chi connectivity index (χ1) is 5.34. The van der Waals surface area contributed by atoms with Crippen molar-refractivity contribution < 1.29 is 18.0 Å². The van der Waals surface area contributed by atoms with Crippen LogP contribution in [0, 0.1) is 0 Å². The number of carbonyl (C=O) groups is 1. The molecule has 5 heteroatoms. The minimum Gasteiger partial charge on any atom is -0.300 e. The molecule has 0 aliphatic rings. The first-order valence-corrected chi connectivity index (χ1v) is 4.56. The lowest BCUT2D eigenvalue weighted by Gasteiger charge is -2.13. The van der Waals surface area contributed by atoms with Crippen molar-refractivity contribution in [1.29, 1.82) is 0 Å². The van der Waals surface area contributed by atoms with Gasteiger partial charge in [-0.1, -0.05) is 0 Å². The van der Waals surface area contributed by atoms with Crippen molar-refractivity contribution in [3.63, 3.8) is 0 Å². The molecule has 0 saturated heterocycles. The van der Waals surface area contributed by atoms with E-state index in [1.807, 2.05) is 0 Å². The molecule has 72 valence electrons. The van der Waals surface area contributed by atoms with E-state index in [2.05, 4.69) is 0 Å². The maximum atomic E-state index is 11.9. The average Bonchev–Trinajstić information content (AvgIpc) is 1.84. The van der Waals surface area contributed by atoms with Crippen molar-refractivity contribution in [3.8, 4) is 0 Å². The van der Waals surface area contributed by atoms with E-state index in [0.29, 0.717) is 0 Å². The number of thioether (sulfide) groups is 1. The fourth-order valence-electron chi connectivity index (χ4n) is 0.474. The zero-order valence-corrected chi connectivity index (χ0v) is 7.76. The van der Waals surface area contributed by atoms with Crippen LogP contribution in [0.15, 0.2) is 0 Å². The van der Waals surface area contributed by atoms with E-state index < -0.39 is 11.4 Å². The van der Waals surface area contributed by atoms with Crippen LogP contribution in [0.2, 0.25) is 0 Å². The lowest BCUT2D eigenvalue weighted by molar-refractivity contribution is -0.125. The van der Waals surface area contributed by atoms with E-state index in [1.165, 1.54) is 6.92 Å². The quantitative estimate of drug-likeness (QED) is 0.694. The molecule has 1 unspecified atom stereocenters. The van der Waals surface area contributed by atoms with Crippen molar-refractivity contribution in [1.82, 2.24) is 0 Å². The van der Waals surface area contributed by atoms with E-state index in [9.17, 15) is 18.0 Å². The molecule has 0 bridgehead atoms. The van der Waals surface area contributed by atoms with Crippen molar-refractivity contribution in [2.45, 2.75) is 31.7 Å². The van der Waals surface area contributed by atoms with Gasteiger partial charge in [0.2, 0.25) is 0 Å². The molecule has 1 nitrogen and oxygen atoms in total. The van der Waals surface area contributed by atoms with Gasteiger partial charge in [0.25, 0.3) is 0 Å². The highest BCUT2D eigenvalue weighted by Crippen LogP contribution is 2.29. The molecule has 0 aromatic heterocycles. The van der Waals surface area contributed by atoms with Crippen LogP contribution >= 0.6 is 11.8 Å². The summed E-state index contributed by atoms with van der Waals surface area (Å²) in [6.45, 7) is 2.48. The van der Waals surface area contributed by atoms with Gasteiger partial charge in [-0.2, -0.15) is 13.2 Å². The van der Waals surface area contributed by atoms with Gasteiger partial charge in [0, 0.05) is 12.2 Å². The number of ketones is 1. The molecule has 12 heavy (non-hydrogen) atoms. The third-order valence-corrected chi connectivity index (χ3v) is 2.49. The summed E-state index contributed by atoms with van der Waals surface area (Å²) in [5, 5.41) is -1.38. The first-order valence-electron chi connectivity index (χ1n) is 3.52. The summed E-state index contributed by atoms with van der Waals surface area (Å²) in [4.78, 5) is 10.4. The van der Waals surface area contributed by atoms with Crippen LogP contribution in [0.25, 0.3) is 0 Å². The molecule has 0 aliphatic carbocycles. The normalized spacial score (nSPS) is 14.4. The highest BCUT2D eigenvalue weighted by atomic mass is 32.2. The third kappa shape index (κ3) is 5.46. The van der Waals surface area contributed by atoms with E-state index in [0.717, 1.165) is 18.7 Å². The summed E-state index contributed by atoms with van der Waals surface area (Å²) < 4.78 is 35.6. The van der Waals surface area contributed by atoms with Crippen LogP contribution in [0.4, 0.5) is 13.2 Å². The second-order valence-corrected chi connectivity index (χ2v) is 3.96. The van der Waals surface area contributed by atoms with Gasteiger partial charge < -0.3 is 0 Å². The molecule has 0 aromatic carbocycles. The molecule has 0 heterocycles. The first kappa shape index (κ1) is 11.8.